The molecule has 1 aromatic carbocycles. The SMILES string of the molecule is NS(=O)(=O)c1cc(Br)c(Cl)c(C(=O)NC2CCCCC2)c1. The molecule has 0 aromatic heterocycles. The Hall–Kier alpha value is -0.630. The van der Waals surface area contributed by atoms with Gasteiger partial charge in [-0.05, 0) is 40.9 Å². The molecule has 21 heavy (non-hydrogen) atoms. The van der Waals surface area contributed by atoms with Crippen molar-refractivity contribution in [3.8, 4) is 0 Å². The fourth-order valence-electron chi connectivity index (χ4n) is 2.40. The van der Waals surface area contributed by atoms with Crippen molar-refractivity contribution in [3.63, 3.8) is 0 Å². The average molecular weight is 396 g/mol. The molecule has 0 radical (unpaired) electrons. The highest BCUT2D eigenvalue weighted by Crippen LogP contribution is 2.30. The third-order valence-electron chi connectivity index (χ3n) is 3.52. The standard InChI is InChI=1S/C13H16BrClN2O3S/c14-11-7-9(21(16,19)20)6-10(12(11)15)13(18)17-8-4-2-1-3-5-8/h6-8H,1-5H2,(H,17,18)(H2,16,19,20). The van der Waals surface area contributed by atoms with Gasteiger partial charge in [-0.1, -0.05) is 30.9 Å². The average Bonchev–Trinajstić information content (AvgIpc) is 2.41. The molecule has 8 heteroatoms. The zero-order chi connectivity index (χ0) is 15.6. The van der Waals surface area contributed by atoms with Gasteiger partial charge in [0.15, 0.2) is 0 Å². The second-order valence-electron chi connectivity index (χ2n) is 5.12. The van der Waals surface area contributed by atoms with E-state index in [0.29, 0.717) is 4.47 Å². The Morgan fingerprint density at radius 3 is 2.48 bits per heavy atom. The number of nitrogens with one attached hydrogen (secondary N) is 1. The number of hydrogen-bond acceptors (Lipinski definition) is 3. The molecule has 0 bridgehead atoms. The summed E-state index contributed by atoms with van der Waals surface area (Å²) in [5.74, 6) is -0.377. The summed E-state index contributed by atoms with van der Waals surface area (Å²) in [4.78, 5) is 12.2. The summed E-state index contributed by atoms with van der Waals surface area (Å²) in [5.41, 5.74) is 0.112. The second kappa shape index (κ2) is 6.64. The smallest absolute Gasteiger partial charge is 0.253 e. The maximum atomic E-state index is 12.3. The molecule has 116 valence electrons. The van der Waals surface area contributed by atoms with Gasteiger partial charge in [-0.15, -0.1) is 0 Å². The first-order chi connectivity index (χ1) is 9.79. The molecule has 0 aliphatic heterocycles. The lowest BCUT2D eigenvalue weighted by atomic mass is 9.95. The highest BCUT2D eigenvalue weighted by Gasteiger charge is 2.22. The predicted octanol–water partition coefficient (Wildman–Crippen LogP) is 2.81. The Balaban J connectivity index is 2.29. The first-order valence-electron chi connectivity index (χ1n) is 6.62. The van der Waals surface area contributed by atoms with E-state index in [-0.39, 0.29) is 27.4 Å². The van der Waals surface area contributed by atoms with Crippen molar-refractivity contribution in [1.29, 1.82) is 0 Å². The molecule has 0 unspecified atom stereocenters. The number of sulfonamides is 1. The summed E-state index contributed by atoms with van der Waals surface area (Å²) in [5, 5.41) is 8.18. The third kappa shape index (κ3) is 4.18. The van der Waals surface area contributed by atoms with Crippen LogP contribution in [0.3, 0.4) is 0 Å². The zero-order valence-electron chi connectivity index (χ0n) is 11.2. The summed E-state index contributed by atoms with van der Waals surface area (Å²) < 4.78 is 23.2. The van der Waals surface area contributed by atoms with E-state index in [9.17, 15) is 13.2 Å². The van der Waals surface area contributed by atoms with Crippen LogP contribution in [-0.4, -0.2) is 20.4 Å². The summed E-state index contributed by atoms with van der Waals surface area (Å²) in [6.45, 7) is 0. The van der Waals surface area contributed by atoms with Gasteiger partial charge in [0.2, 0.25) is 10.0 Å². The second-order valence-corrected chi connectivity index (χ2v) is 7.91. The first-order valence-corrected chi connectivity index (χ1v) is 9.33. The highest BCUT2D eigenvalue weighted by molar-refractivity contribution is 9.10. The molecule has 3 N–H and O–H groups in total. The van der Waals surface area contributed by atoms with E-state index >= 15 is 0 Å². The number of halogens is 2. The number of primary sulfonamides is 1. The van der Waals surface area contributed by atoms with Crippen LogP contribution in [0.4, 0.5) is 0 Å². The zero-order valence-corrected chi connectivity index (χ0v) is 14.4. The molecule has 1 amide bonds. The van der Waals surface area contributed by atoms with Crippen LogP contribution in [0, 0.1) is 0 Å². The van der Waals surface area contributed by atoms with Gasteiger partial charge in [0.25, 0.3) is 5.91 Å². The van der Waals surface area contributed by atoms with E-state index < -0.39 is 10.0 Å². The Labute approximate surface area is 137 Å². The van der Waals surface area contributed by atoms with Crippen LogP contribution >= 0.6 is 27.5 Å². The maximum absolute atomic E-state index is 12.3. The van der Waals surface area contributed by atoms with E-state index in [2.05, 4.69) is 21.2 Å². The van der Waals surface area contributed by atoms with Crippen LogP contribution in [0.25, 0.3) is 0 Å². The number of benzene rings is 1. The molecule has 0 atom stereocenters. The van der Waals surface area contributed by atoms with Crippen LogP contribution in [0.15, 0.2) is 21.5 Å². The van der Waals surface area contributed by atoms with Gasteiger partial charge in [0, 0.05) is 10.5 Å². The molecule has 0 heterocycles. The lowest BCUT2D eigenvalue weighted by Gasteiger charge is -2.23. The van der Waals surface area contributed by atoms with E-state index in [4.69, 9.17) is 16.7 Å². The topological polar surface area (TPSA) is 89.3 Å². The van der Waals surface area contributed by atoms with E-state index in [1.54, 1.807) is 0 Å². The Morgan fingerprint density at radius 1 is 1.29 bits per heavy atom. The fourth-order valence-corrected chi connectivity index (χ4v) is 3.77. The lowest BCUT2D eigenvalue weighted by molar-refractivity contribution is 0.0927. The fraction of sp³-hybridized carbons (Fsp3) is 0.462. The molecule has 2 rings (SSSR count). The lowest BCUT2D eigenvalue weighted by Crippen LogP contribution is -2.36. The first kappa shape index (κ1) is 16.7. The quantitative estimate of drug-likeness (QED) is 0.824. The number of rotatable bonds is 3. The van der Waals surface area contributed by atoms with Gasteiger partial charge >= 0.3 is 0 Å². The van der Waals surface area contributed by atoms with Crippen LogP contribution in [0.5, 0.6) is 0 Å². The molecular weight excluding hydrogens is 380 g/mol. The monoisotopic (exact) mass is 394 g/mol. The van der Waals surface area contributed by atoms with E-state index in [1.165, 1.54) is 18.6 Å². The van der Waals surface area contributed by atoms with Crippen molar-refractivity contribution >= 4 is 43.5 Å². The maximum Gasteiger partial charge on any atom is 0.253 e. The molecule has 1 aliphatic carbocycles. The van der Waals surface area contributed by atoms with Crippen molar-refractivity contribution in [2.45, 2.75) is 43.0 Å². The summed E-state index contributed by atoms with van der Waals surface area (Å²) in [6.07, 6.45) is 5.21. The predicted molar refractivity (Wildman–Crippen MR) is 84.9 cm³/mol. The van der Waals surface area contributed by atoms with Gasteiger partial charge in [0.1, 0.15) is 0 Å². The molecule has 5 nitrogen and oxygen atoms in total. The van der Waals surface area contributed by atoms with Crippen LogP contribution in [0.1, 0.15) is 42.5 Å². The molecule has 1 fully saturated rings. The van der Waals surface area contributed by atoms with Crippen molar-refractivity contribution in [2.75, 3.05) is 0 Å². The Bertz CT molecular complexity index is 658. The normalized spacial score (nSPS) is 16.7. The molecule has 1 aromatic rings. The summed E-state index contributed by atoms with van der Waals surface area (Å²) in [6, 6.07) is 2.61. The number of hydrogen-bond donors (Lipinski definition) is 2. The molecule has 1 aliphatic rings. The van der Waals surface area contributed by atoms with Crippen LogP contribution in [-0.2, 0) is 10.0 Å². The van der Waals surface area contributed by atoms with Gasteiger partial charge in [-0.25, -0.2) is 13.6 Å². The molecule has 1 saturated carbocycles. The minimum Gasteiger partial charge on any atom is -0.349 e. The van der Waals surface area contributed by atoms with E-state index in [1.807, 2.05) is 0 Å². The number of carbonyl (C=O) groups is 1. The largest absolute Gasteiger partial charge is 0.349 e. The summed E-state index contributed by atoms with van der Waals surface area (Å²) in [7, 11) is -3.90. The Kier molecular flexibility index (Phi) is 5.29. The number of nitrogens with two attached hydrogens (primary N) is 1. The van der Waals surface area contributed by atoms with Crippen LogP contribution < -0.4 is 10.5 Å². The van der Waals surface area contributed by atoms with Gasteiger partial charge in [0.05, 0.1) is 15.5 Å². The van der Waals surface area contributed by atoms with Crippen molar-refractivity contribution in [3.05, 3.63) is 27.2 Å². The van der Waals surface area contributed by atoms with Crippen molar-refractivity contribution < 1.29 is 13.2 Å². The Morgan fingerprint density at radius 2 is 1.90 bits per heavy atom. The minimum atomic E-state index is -3.90. The third-order valence-corrected chi connectivity index (χ3v) is 5.67. The minimum absolute atomic E-state index is 0.110. The number of amides is 1. The molecule has 0 saturated heterocycles. The van der Waals surface area contributed by atoms with E-state index in [0.717, 1.165) is 25.7 Å². The van der Waals surface area contributed by atoms with Crippen molar-refractivity contribution in [1.82, 2.24) is 5.32 Å². The van der Waals surface area contributed by atoms with Gasteiger partial charge < -0.3 is 5.32 Å². The van der Waals surface area contributed by atoms with Gasteiger partial charge in [-0.2, -0.15) is 0 Å². The van der Waals surface area contributed by atoms with Crippen LogP contribution in [0.2, 0.25) is 5.02 Å². The highest BCUT2D eigenvalue weighted by atomic mass is 79.9. The summed E-state index contributed by atoms with van der Waals surface area (Å²) >= 11 is 9.24. The molecular formula is C13H16BrClN2O3S. The molecule has 0 spiro atoms. The number of carbonyl (C=O) groups excluding carboxylic acids is 1. The van der Waals surface area contributed by atoms with Crippen molar-refractivity contribution in [2.24, 2.45) is 5.14 Å². The van der Waals surface area contributed by atoms with Gasteiger partial charge in [-0.3, -0.25) is 4.79 Å².